The fraction of sp³-hybridized carbons (Fsp3) is 0.412. The van der Waals surface area contributed by atoms with Gasteiger partial charge in [-0.2, -0.15) is 0 Å². The molecule has 1 atom stereocenters. The van der Waals surface area contributed by atoms with E-state index in [1.54, 1.807) is 28.1 Å². The van der Waals surface area contributed by atoms with Crippen LogP contribution in [-0.2, 0) is 6.42 Å². The zero-order chi connectivity index (χ0) is 16.6. The molecule has 1 aromatic carbocycles. The van der Waals surface area contributed by atoms with Gasteiger partial charge in [-0.1, -0.05) is 5.16 Å². The van der Waals surface area contributed by atoms with Gasteiger partial charge in [-0.25, -0.2) is 0 Å². The second-order valence-electron chi connectivity index (χ2n) is 5.67. The number of methoxy groups -OCH3 is 2. The van der Waals surface area contributed by atoms with Gasteiger partial charge in [0.25, 0.3) is 5.91 Å². The van der Waals surface area contributed by atoms with Crippen LogP contribution in [-0.4, -0.2) is 25.3 Å². The Morgan fingerprint density at radius 2 is 1.96 bits per heavy atom. The molecule has 1 aliphatic carbocycles. The summed E-state index contributed by atoms with van der Waals surface area (Å²) in [7, 11) is 3.23. The first-order valence-corrected chi connectivity index (χ1v) is 7.53. The molecule has 1 unspecified atom stereocenters. The standard InChI is InChI=1S/C17H20N2O4/c1-9-16(10(2)23-19-9)17(20)18-13-6-5-11-7-14(21-3)15(22-4)8-12(11)13/h7-8,13H,5-6H2,1-4H3,(H,18,20). The Hall–Kier alpha value is -2.50. The lowest BCUT2D eigenvalue weighted by molar-refractivity contribution is 0.0934. The molecule has 1 amide bonds. The predicted octanol–water partition coefficient (Wildman–Crippen LogP) is 2.73. The van der Waals surface area contributed by atoms with Crippen molar-refractivity contribution in [2.24, 2.45) is 0 Å². The number of rotatable bonds is 4. The SMILES string of the molecule is COc1cc2c(cc1OC)C(NC(=O)c1c(C)noc1C)CC2. The van der Waals surface area contributed by atoms with Gasteiger partial charge in [0, 0.05) is 0 Å². The fourth-order valence-corrected chi connectivity index (χ4v) is 3.12. The van der Waals surface area contributed by atoms with Crippen molar-refractivity contribution in [2.45, 2.75) is 32.7 Å². The van der Waals surface area contributed by atoms with Crippen molar-refractivity contribution in [1.82, 2.24) is 10.5 Å². The Morgan fingerprint density at radius 1 is 1.26 bits per heavy atom. The van der Waals surface area contributed by atoms with Gasteiger partial charge in [0.1, 0.15) is 11.3 Å². The maximum Gasteiger partial charge on any atom is 0.257 e. The van der Waals surface area contributed by atoms with Crippen LogP contribution in [0.2, 0.25) is 0 Å². The molecule has 1 N–H and O–H groups in total. The molecule has 3 rings (SSSR count). The lowest BCUT2D eigenvalue weighted by atomic mass is 10.1. The lowest BCUT2D eigenvalue weighted by Crippen LogP contribution is -2.28. The van der Waals surface area contributed by atoms with Crippen LogP contribution < -0.4 is 14.8 Å². The number of amides is 1. The topological polar surface area (TPSA) is 73.6 Å². The summed E-state index contributed by atoms with van der Waals surface area (Å²) in [6.45, 7) is 3.51. The van der Waals surface area contributed by atoms with Crippen LogP contribution in [0.1, 0.15) is 45.4 Å². The van der Waals surface area contributed by atoms with Crippen LogP contribution in [0.5, 0.6) is 11.5 Å². The summed E-state index contributed by atoms with van der Waals surface area (Å²) in [5, 5.41) is 6.91. The summed E-state index contributed by atoms with van der Waals surface area (Å²) in [5.74, 6) is 1.76. The average Bonchev–Trinajstić information content (AvgIpc) is 3.09. The van der Waals surface area contributed by atoms with E-state index in [0.29, 0.717) is 28.5 Å². The van der Waals surface area contributed by atoms with Gasteiger partial charge in [0.15, 0.2) is 11.5 Å². The van der Waals surface area contributed by atoms with Crippen molar-refractivity contribution in [1.29, 1.82) is 0 Å². The van der Waals surface area contributed by atoms with Gasteiger partial charge in [-0.3, -0.25) is 4.79 Å². The molecule has 6 heteroatoms. The normalized spacial score (nSPS) is 16.1. The fourth-order valence-electron chi connectivity index (χ4n) is 3.12. The molecule has 1 aliphatic rings. The van der Waals surface area contributed by atoms with Gasteiger partial charge in [-0.05, 0) is 49.9 Å². The Balaban J connectivity index is 1.87. The maximum absolute atomic E-state index is 12.5. The van der Waals surface area contributed by atoms with E-state index in [0.717, 1.165) is 18.4 Å². The number of ether oxygens (including phenoxy) is 2. The molecule has 0 saturated heterocycles. The van der Waals surface area contributed by atoms with Crippen molar-refractivity contribution in [3.63, 3.8) is 0 Å². The molecule has 1 aromatic heterocycles. The maximum atomic E-state index is 12.5. The molecule has 23 heavy (non-hydrogen) atoms. The van der Waals surface area contributed by atoms with Gasteiger partial charge >= 0.3 is 0 Å². The molecule has 0 bridgehead atoms. The molecule has 0 fully saturated rings. The number of fused-ring (bicyclic) bond motifs is 1. The third kappa shape index (κ3) is 2.65. The highest BCUT2D eigenvalue weighted by atomic mass is 16.5. The molecule has 6 nitrogen and oxygen atoms in total. The van der Waals surface area contributed by atoms with E-state index < -0.39 is 0 Å². The minimum absolute atomic E-state index is 0.0500. The summed E-state index contributed by atoms with van der Waals surface area (Å²) in [6.07, 6.45) is 1.74. The minimum atomic E-state index is -0.158. The van der Waals surface area contributed by atoms with Crippen molar-refractivity contribution in [3.05, 3.63) is 40.3 Å². The quantitative estimate of drug-likeness (QED) is 0.939. The van der Waals surface area contributed by atoms with Crippen molar-refractivity contribution in [3.8, 4) is 11.5 Å². The monoisotopic (exact) mass is 316 g/mol. The second kappa shape index (κ2) is 5.95. The summed E-state index contributed by atoms with van der Waals surface area (Å²) < 4.78 is 15.8. The summed E-state index contributed by atoms with van der Waals surface area (Å²) in [5.41, 5.74) is 3.36. The molecule has 0 radical (unpaired) electrons. The minimum Gasteiger partial charge on any atom is -0.493 e. The molecular formula is C17H20N2O4. The largest absolute Gasteiger partial charge is 0.493 e. The van der Waals surface area contributed by atoms with Gasteiger partial charge in [-0.15, -0.1) is 0 Å². The molecule has 2 aromatic rings. The number of carbonyl (C=O) groups excluding carboxylic acids is 1. The summed E-state index contributed by atoms with van der Waals surface area (Å²) >= 11 is 0. The highest BCUT2D eigenvalue weighted by molar-refractivity contribution is 5.96. The zero-order valence-corrected chi connectivity index (χ0v) is 13.7. The van der Waals surface area contributed by atoms with E-state index in [-0.39, 0.29) is 11.9 Å². The molecule has 122 valence electrons. The van der Waals surface area contributed by atoms with Gasteiger partial charge < -0.3 is 19.3 Å². The molecule has 1 heterocycles. The molecule has 0 spiro atoms. The van der Waals surface area contributed by atoms with E-state index in [1.165, 1.54) is 5.56 Å². The Bertz CT molecular complexity index is 732. The smallest absolute Gasteiger partial charge is 0.257 e. The third-order valence-electron chi connectivity index (χ3n) is 4.29. The van der Waals surface area contributed by atoms with Crippen molar-refractivity contribution in [2.75, 3.05) is 14.2 Å². The van der Waals surface area contributed by atoms with E-state index in [9.17, 15) is 4.79 Å². The van der Waals surface area contributed by atoms with E-state index >= 15 is 0 Å². The number of aromatic nitrogens is 1. The van der Waals surface area contributed by atoms with Crippen LogP contribution in [0.15, 0.2) is 16.7 Å². The van der Waals surface area contributed by atoms with Gasteiger partial charge in [0.05, 0.1) is 26.0 Å². The van der Waals surface area contributed by atoms with Gasteiger partial charge in [0.2, 0.25) is 0 Å². The summed E-state index contributed by atoms with van der Waals surface area (Å²) in [4.78, 5) is 12.5. The van der Waals surface area contributed by atoms with Crippen molar-refractivity contribution < 1.29 is 18.8 Å². The molecule has 0 saturated carbocycles. The Morgan fingerprint density at radius 3 is 2.57 bits per heavy atom. The second-order valence-corrected chi connectivity index (χ2v) is 5.67. The first-order chi connectivity index (χ1) is 11.0. The average molecular weight is 316 g/mol. The van der Waals surface area contributed by atoms with Crippen LogP contribution in [0.25, 0.3) is 0 Å². The molecular weight excluding hydrogens is 296 g/mol. The number of aryl methyl sites for hydroxylation is 3. The van der Waals surface area contributed by atoms with Crippen LogP contribution in [0.3, 0.4) is 0 Å². The number of hydrogen-bond donors (Lipinski definition) is 1. The highest BCUT2D eigenvalue weighted by Gasteiger charge is 2.28. The lowest BCUT2D eigenvalue weighted by Gasteiger charge is -2.16. The van der Waals surface area contributed by atoms with Crippen molar-refractivity contribution >= 4 is 5.91 Å². The number of carbonyl (C=O) groups is 1. The number of nitrogens with one attached hydrogen (secondary N) is 1. The number of hydrogen-bond acceptors (Lipinski definition) is 5. The third-order valence-corrected chi connectivity index (χ3v) is 4.29. The van der Waals surface area contributed by atoms with Crippen LogP contribution in [0, 0.1) is 13.8 Å². The number of nitrogens with zero attached hydrogens (tertiary/aromatic N) is 1. The predicted molar refractivity (Wildman–Crippen MR) is 84.1 cm³/mol. The zero-order valence-electron chi connectivity index (χ0n) is 13.7. The van der Waals surface area contributed by atoms with Crippen LogP contribution >= 0.6 is 0 Å². The Kier molecular flexibility index (Phi) is 3.98. The van der Waals surface area contributed by atoms with E-state index in [2.05, 4.69) is 10.5 Å². The molecule has 0 aliphatic heterocycles. The van der Waals surface area contributed by atoms with Crippen LogP contribution in [0.4, 0.5) is 0 Å². The number of benzene rings is 1. The van der Waals surface area contributed by atoms with E-state index in [4.69, 9.17) is 14.0 Å². The van der Waals surface area contributed by atoms with E-state index in [1.807, 2.05) is 12.1 Å². The first-order valence-electron chi connectivity index (χ1n) is 7.53. The highest BCUT2D eigenvalue weighted by Crippen LogP contribution is 2.39. The first kappa shape index (κ1) is 15.4. The summed E-state index contributed by atoms with van der Waals surface area (Å²) in [6, 6.07) is 3.88. The Labute approximate surface area is 134 Å².